The third kappa shape index (κ3) is 3.69. The van der Waals surface area contributed by atoms with Gasteiger partial charge in [0.25, 0.3) is 11.8 Å². The second-order valence-corrected chi connectivity index (χ2v) is 13.5. The number of benzene rings is 2. The Kier molecular flexibility index (Phi) is 5.21. The van der Waals surface area contributed by atoms with E-state index in [2.05, 4.69) is 28.6 Å². The summed E-state index contributed by atoms with van der Waals surface area (Å²) in [5.74, 6) is -0.126. The number of carbonyl (C=O) groups is 2. The fourth-order valence-electron chi connectivity index (χ4n) is 7.19. The molecule has 8 nitrogen and oxygen atoms in total. The van der Waals surface area contributed by atoms with Crippen molar-refractivity contribution < 1.29 is 14.7 Å². The van der Waals surface area contributed by atoms with Gasteiger partial charge in [-0.15, -0.1) is 11.3 Å². The predicted octanol–water partition coefficient (Wildman–Crippen LogP) is 6.59. The summed E-state index contributed by atoms with van der Waals surface area (Å²) < 4.78 is 1.85. The number of thiophene rings is 1. The van der Waals surface area contributed by atoms with Crippen molar-refractivity contribution in [1.82, 2.24) is 24.5 Å². The van der Waals surface area contributed by atoms with Crippen molar-refractivity contribution in [3.63, 3.8) is 0 Å². The van der Waals surface area contributed by atoms with Gasteiger partial charge in [-0.3, -0.25) is 14.5 Å². The zero-order valence-corrected chi connectivity index (χ0v) is 24.7. The molecule has 2 aromatic carbocycles. The van der Waals surface area contributed by atoms with Crippen LogP contribution in [0, 0.1) is 0 Å². The van der Waals surface area contributed by atoms with Gasteiger partial charge in [0.1, 0.15) is 0 Å². The summed E-state index contributed by atoms with van der Waals surface area (Å²) in [5.41, 5.74) is 5.03. The van der Waals surface area contributed by atoms with E-state index in [0.717, 1.165) is 62.5 Å². The molecule has 9 rings (SSSR count). The predicted molar refractivity (Wildman–Crippen MR) is 167 cm³/mol. The molecule has 5 heterocycles. The van der Waals surface area contributed by atoms with Crippen molar-refractivity contribution >= 4 is 39.8 Å². The lowest BCUT2D eigenvalue weighted by Crippen LogP contribution is -2.63. The normalized spacial score (nSPS) is 23.0. The first-order chi connectivity index (χ1) is 21.3. The van der Waals surface area contributed by atoms with Crippen LogP contribution in [0.2, 0.25) is 0 Å². The second kappa shape index (κ2) is 8.90. The standard InChI is InChI=1S/C35H27N5O3S/c1-34(43)18-35(19-34,39-32(41)24-5-2-3-6-25(24)33(39)42)23-12-10-21(11-13-23)30-26(28-7-4-14-44-28)15-22-17-36-29-16-27(20-8-9-20)38-40(29)31(22)37-30/h2-7,10-17,20,43H,8-9,18-19H2,1H3/t34-,35-. The van der Waals surface area contributed by atoms with E-state index in [1.807, 2.05) is 41.0 Å². The summed E-state index contributed by atoms with van der Waals surface area (Å²) in [7, 11) is 0. The average Bonchev–Trinajstić information content (AvgIpc) is 3.43. The fraction of sp³-hybridized carbons (Fsp3) is 0.229. The minimum atomic E-state index is -0.983. The first kappa shape index (κ1) is 25.7. The molecule has 2 fully saturated rings. The number of hydrogen-bond donors (Lipinski definition) is 1. The smallest absolute Gasteiger partial charge is 0.262 e. The van der Waals surface area contributed by atoms with E-state index in [1.54, 1.807) is 42.5 Å². The third-order valence-corrected chi connectivity index (χ3v) is 10.2. The molecule has 0 unspecified atom stereocenters. The zero-order valence-electron chi connectivity index (χ0n) is 23.9. The van der Waals surface area contributed by atoms with Crippen LogP contribution in [0.4, 0.5) is 0 Å². The fourth-order valence-corrected chi connectivity index (χ4v) is 7.93. The molecule has 9 heteroatoms. The Morgan fingerprint density at radius 2 is 1.64 bits per heavy atom. The number of hydrogen-bond acceptors (Lipinski definition) is 7. The number of fused-ring (bicyclic) bond motifs is 4. The van der Waals surface area contributed by atoms with E-state index in [1.165, 1.54) is 4.90 Å². The van der Waals surface area contributed by atoms with E-state index in [9.17, 15) is 14.7 Å². The molecule has 44 heavy (non-hydrogen) atoms. The second-order valence-electron chi connectivity index (χ2n) is 12.6. The maximum absolute atomic E-state index is 13.6. The molecular weight excluding hydrogens is 570 g/mol. The summed E-state index contributed by atoms with van der Waals surface area (Å²) in [6, 6.07) is 23.2. The van der Waals surface area contributed by atoms with Crippen LogP contribution in [0.3, 0.4) is 0 Å². The molecule has 1 aliphatic heterocycles. The van der Waals surface area contributed by atoms with Gasteiger partial charge in [-0.1, -0.05) is 42.5 Å². The maximum Gasteiger partial charge on any atom is 0.262 e. The van der Waals surface area contributed by atoms with Gasteiger partial charge in [0.2, 0.25) is 0 Å². The number of amides is 2. The summed E-state index contributed by atoms with van der Waals surface area (Å²) in [5, 5.41) is 18.7. The Labute approximate surface area is 256 Å². The van der Waals surface area contributed by atoms with Gasteiger partial charge in [-0.05, 0) is 55.0 Å². The van der Waals surface area contributed by atoms with Gasteiger partial charge in [0, 0.05) is 52.4 Å². The van der Waals surface area contributed by atoms with Crippen molar-refractivity contribution in [2.45, 2.75) is 49.7 Å². The molecule has 6 aromatic rings. The summed E-state index contributed by atoms with van der Waals surface area (Å²) in [6.45, 7) is 1.75. The molecule has 216 valence electrons. The van der Waals surface area contributed by atoms with Gasteiger partial charge in [0.05, 0.1) is 33.7 Å². The van der Waals surface area contributed by atoms with Crippen molar-refractivity contribution in [1.29, 1.82) is 0 Å². The van der Waals surface area contributed by atoms with Gasteiger partial charge in [0.15, 0.2) is 11.3 Å². The highest BCUT2D eigenvalue weighted by Gasteiger charge is 2.60. The zero-order chi connectivity index (χ0) is 29.8. The van der Waals surface area contributed by atoms with E-state index in [4.69, 9.17) is 10.1 Å². The lowest BCUT2D eigenvalue weighted by Gasteiger charge is -2.55. The van der Waals surface area contributed by atoms with Gasteiger partial charge < -0.3 is 5.11 Å². The quantitative estimate of drug-likeness (QED) is 0.225. The summed E-state index contributed by atoms with van der Waals surface area (Å²) in [4.78, 5) is 39.5. The van der Waals surface area contributed by atoms with Crippen LogP contribution in [-0.4, -0.2) is 47.0 Å². The van der Waals surface area contributed by atoms with Crippen LogP contribution >= 0.6 is 11.3 Å². The van der Waals surface area contributed by atoms with Crippen LogP contribution in [0.5, 0.6) is 0 Å². The highest BCUT2D eigenvalue weighted by molar-refractivity contribution is 7.13. The Hall–Kier alpha value is -4.73. The highest BCUT2D eigenvalue weighted by atomic mass is 32.1. The number of aliphatic hydroxyl groups is 1. The van der Waals surface area contributed by atoms with Crippen LogP contribution in [-0.2, 0) is 5.54 Å². The van der Waals surface area contributed by atoms with Crippen LogP contribution in [0.15, 0.2) is 84.4 Å². The lowest BCUT2D eigenvalue weighted by molar-refractivity contribution is -0.118. The molecule has 4 aromatic heterocycles. The number of nitrogens with zero attached hydrogens (tertiary/aromatic N) is 5. The first-order valence-electron chi connectivity index (χ1n) is 14.9. The SMILES string of the molecule is C[C@]1(O)C[C@](c2ccc(-c3nc4c(cnc5cc(C6CC6)nn54)cc3-c3cccs3)cc2)(N2C(=O)c3ccccc3C2=O)C1. The molecule has 0 saturated heterocycles. The number of rotatable bonds is 5. The largest absolute Gasteiger partial charge is 0.390 e. The number of pyridine rings is 1. The maximum atomic E-state index is 13.6. The molecule has 3 aliphatic rings. The highest BCUT2D eigenvalue weighted by Crippen LogP contribution is 2.54. The lowest BCUT2D eigenvalue weighted by atomic mass is 9.61. The van der Waals surface area contributed by atoms with Gasteiger partial charge >= 0.3 is 0 Å². The van der Waals surface area contributed by atoms with Crippen LogP contribution < -0.4 is 0 Å². The van der Waals surface area contributed by atoms with Gasteiger partial charge in [-0.2, -0.15) is 9.61 Å². The molecule has 0 spiro atoms. The van der Waals surface area contributed by atoms with Crippen molar-refractivity contribution in [3.8, 4) is 21.7 Å². The van der Waals surface area contributed by atoms with E-state index < -0.39 is 11.1 Å². The minimum absolute atomic E-state index is 0.271. The van der Waals surface area contributed by atoms with E-state index in [0.29, 0.717) is 17.0 Å². The third-order valence-electron chi connectivity index (χ3n) is 9.32. The Morgan fingerprint density at radius 1 is 0.909 bits per heavy atom. The van der Waals surface area contributed by atoms with Crippen molar-refractivity contribution in [2.75, 3.05) is 0 Å². The first-order valence-corrected chi connectivity index (χ1v) is 15.7. The Bertz CT molecular complexity index is 2120. The van der Waals surface area contributed by atoms with Crippen molar-refractivity contribution in [3.05, 3.63) is 107 Å². The summed E-state index contributed by atoms with van der Waals surface area (Å²) in [6.07, 6.45) is 4.73. The van der Waals surface area contributed by atoms with E-state index >= 15 is 0 Å². The molecule has 2 aliphatic carbocycles. The van der Waals surface area contributed by atoms with Crippen LogP contribution in [0.1, 0.15) is 70.5 Å². The van der Waals surface area contributed by atoms with Crippen LogP contribution in [0.25, 0.3) is 38.4 Å². The molecule has 1 N–H and O–H groups in total. The monoisotopic (exact) mass is 597 g/mol. The molecule has 0 atom stereocenters. The molecule has 2 saturated carbocycles. The average molecular weight is 598 g/mol. The number of carbonyl (C=O) groups excluding carboxylic acids is 2. The van der Waals surface area contributed by atoms with Crippen molar-refractivity contribution in [2.24, 2.45) is 0 Å². The summed E-state index contributed by atoms with van der Waals surface area (Å²) >= 11 is 1.65. The molecule has 0 radical (unpaired) electrons. The molecular formula is C35H27N5O3S. The number of aromatic nitrogens is 4. The minimum Gasteiger partial charge on any atom is -0.390 e. The topological polar surface area (TPSA) is 101 Å². The molecule has 0 bridgehead atoms. The van der Waals surface area contributed by atoms with Gasteiger partial charge in [-0.25, -0.2) is 9.97 Å². The Balaban J connectivity index is 1.17. The Morgan fingerprint density at radius 3 is 2.27 bits per heavy atom. The number of imide groups is 1. The van der Waals surface area contributed by atoms with E-state index in [-0.39, 0.29) is 24.7 Å². The molecule has 2 amide bonds.